The molecule has 2 aliphatic heterocycles. The minimum absolute atomic E-state index is 0.0196. The molecule has 0 aromatic rings. The fraction of sp³-hybridized carbons (Fsp3) is 0.750. The van der Waals surface area contributed by atoms with Crippen molar-refractivity contribution in [1.29, 1.82) is 0 Å². The average molecular weight is 375 g/mol. The van der Waals surface area contributed by atoms with Crippen molar-refractivity contribution < 1.29 is 19.8 Å². The number of carboxylic acid groups (broad SMARTS) is 2. The lowest BCUT2D eigenvalue weighted by Crippen LogP contribution is -2.68. The van der Waals surface area contributed by atoms with Gasteiger partial charge in [-0.3, -0.25) is 9.80 Å². The first-order valence-electron chi connectivity index (χ1n) is 8.03. The number of hydrogen-bond donors (Lipinski definition) is 2. The third-order valence-electron chi connectivity index (χ3n) is 4.98. The van der Waals surface area contributed by atoms with Crippen LogP contribution in [0, 0.1) is 11.8 Å². The fourth-order valence-electron chi connectivity index (χ4n) is 3.68. The Bertz CT molecular complexity index is 562. The van der Waals surface area contributed by atoms with Crippen molar-refractivity contribution in [2.24, 2.45) is 11.8 Å². The maximum absolute atomic E-state index is 11.5. The zero-order valence-corrected chi connectivity index (χ0v) is 16.6. The number of fused-ring (bicyclic) bond motifs is 1. The van der Waals surface area contributed by atoms with Crippen molar-refractivity contribution >= 4 is 35.5 Å². The number of aliphatic carboxylic acids is 2. The SMILES string of the molecule is CC(C)C1CN(C)C2SC(=C(C(=O)O)C(=O)O)SC2(C(C)C)N1C. The maximum Gasteiger partial charge on any atom is 0.344 e. The fourth-order valence-corrected chi connectivity index (χ4v) is 7.57. The Morgan fingerprint density at radius 3 is 2.12 bits per heavy atom. The van der Waals surface area contributed by atoms with E-state index in [0.717, 1.165) is 6.54 Å². The molecule has 0 spiro atoms. The summed E-state index contributed by atoms with van der Waals surface area (Å²) < 4.78 is 0.400. The highest BCUT2D eigenvalue weighted by atomic mass is 32.2. The highest BCUT2D eigenvalue weighted by molar-refractivity contribution is 8.26. The number of carboxylic acids is 2. The number of rotatable bonds is 4. The second-order valence-corrected chi connectivity index (χ2v) is 9.73. The molecule has 0 amide bonds. The van der Waals surface area contributed by atoms with E-state index >= 15 is 0 Å². The predicted molar refractivity (Wildman–Crippen MR) is 97.9 cm³/mol. The molecule has 3 atom stereocenters. The van der Waals surface area contributed by atoms with Crippen molar-refractivity contribution in [2.45, 2.75) is 44.0 Å². The zero-order valence-electron chi connectivity index (χ0n) is 14.9. The summed E-state index contributed by atoms with van der Waals surface area (Å²) in [6.45, 7) is 9.50. The van der Waals surface area contributed by atoms with Crippen LogP contribution in [0.2, 0.25) is 0 Å². The van der Waals surface area contributed by atoms with Crippen LogP contribution in [-0.2, 0) is 9.59 Å². The summed E-state index contributed by atoms with van der Waals surface area (Å²) in [4.78, 5) is 27.1. The maximum atomic E-state index is 11.5. The number of hydrogen-bond acceptors (Lipinski definition) is 6. The Morgan fingerprint density at radius 1 is 1.17 bits per heavy atom. The summed E-state index contributed by atoms with van der Waals surface area (Å²) in [5.74, 6) is -2.07. The molecule has 0 aromatic carbocycles. The molecule has 0 aromatic heterocycles. The average Bonchev–Trinajstić information content (AvgIpc) is 2.83. The summed E-state index contributed by atoms with van der Waals surface area (Å²) in [6, 6.07) is 0.333. The summed E-state index contributed by atoms with van der Waals surface area (Å²) in [7, 11) is 4.13. The number of piperazine rings is 1. The number of carbonyl (C=O) groups is 2. The molecule has 2 fully saturated rings. The van der Waals surface area contributed by atoms with Gasteiger partial charge in [-0.15, -0.1) is 0 Å². The van der Waals surface area contributed by atoms with Crippen LogP contribution in [0.25, 0.3) is 0 Å². The minimum atomic E-state index is -1.37. The zero-order chi connectivity index (χ0) is 18.4. The highest BCUT2D eigenvalue weighted by Gasteiger charge is 2.59. The van der Waals surface area contributed by atoms with Crippen molar-refractivity contribution in [3.05, 3.63) is 9.81 Å². The summed E-state index contributed by atoms with van der Waals surface area (Å²) >= 11 is 2.79. The van der Waals surface area contributed by atoms with Gasteiger partial charge in [-0.2, -0.15) is 0 Å². The Kier molecular flexibility index (Phi) is 5.64. The van der Waals surface area contributed by atoms with Crippen molar-refractivity contribution in [3.63, 3.8) is 0 Å². The van der Waals surface area contributed by atoms with Crippen LogP contribution >= 0.6 is 23.5 Å². The van der Waals surface area contributed by atoms with E-state index in [1.807, 2.05) is 7.05 Å². The predicted octanol–water partition coefficient (Wildman–Crippen LogP) is 2.43. The van der Waals surface area contributed by atoms with E-state index in [2.05, 4.69) is 44.5 Å². The van der Waals surface area contributed by atoms with Gasteiger partial charge in [0.1, 0.15) is 4.87 Å². The van der Waals surface area contributed by atoms with E-state index in [1.54, 1.807) is 0 Å². The molecule has 0 bridgehead atoms. The molecule has 6 nitrogen and oxygen atoms in total. The summed E-state index contributed by atoms with van der Waals surface area (Å²) in [5, 5.41) is 18.7. The van der Waals surface area contributed by atoms with Crippen LogP contribution in [0.3, 0.4) is 0 Å². The second-order valence-electron chi connectivity index (χ2n) is 7.11. The van der Waals surface area contributed by atoms with Crippen LogP contribution in [0.5, 0.6) is 0 Å². The van der Waals surface area contributed by atoms with E-state index in [9.17, 15) is 19.8 Å². The van der Waals surface area contributed by atoms with Crippen LogP contribution < -0.4 is 0 Å². The van der Waals surface area contributed by atoms with Crippen molar-refractivity contribution in [2.75, 3.05) is 20.6 Å². The Labute approximate surface area is 151 Å². The normalized spacial score (nSPS) is 31.6. The minimum Gasteiger partial charge on any atom is -0.477 e. The molecular weight excluding hydrogens is 348 g/mol. The Hall–Kier alpha value is -0.700. The second kappa shape index (κ2) is 6.90. The topological polar surface area (TPSA) is 81.1 Å². The summed E-state index contributed by atoms with van der Waals surface area (Å²) in [6.07, 6.45) is 0. The number of thioether (sulfide) groups is 2. The monoisotopic (exact) mass is 374 g/mol. The molecular formula is C16H26N2O4S2. The smallest absolute Gasteiger partial charge is 0.344 e. The molecule has 8 heteroatoms. The van der Waals surface area contributed by atoms with Crippen molar-refractivity contribution in [3.8, 4) is 0 Å². The molecule has 3 unspecified atom stereocenters. The van der Waals surface area contributed by atoms with Gasteiger partial charge in [0.05, 0.1) is 9.61 Å². The van der Waals surface area contributed by atoms with E-state index in [1.165, 1.54) is 23.5 Å². The molecule has 2 saturated heterocycles. The molecule has 0 aliphatic carbocycles. The van der Waals surface area contributed by atoms with Gasteiger partial charge in [0, 0.05) is 12.6 Å². The van der Waals surface area contributed by atoms with Crippen molar-refractivity contribution in [1.82, 2.24) is 9.80 Å². The Morgan fingerprint density at radius 2 is 1.71 bits per heavy atom. The van der Waals surface area contributed by atoms with E-state index in [4.69, 9.17) is 0 Å². The van der Waals surface area contributed by atoms with Gasteiger partial charge in [0.15, 0.2) is 5.57 Å². The Balaban J connectivity index is 2.57. The number of likely N-dealkylation sites (N-methyl/N-ethyl adjacent to an activating group) is 2. The standard InChI is InChI=1S/C16H26N2O4S2/c1-8(2)10-7-17(5)15-16(9(3)4,18(10)6)24-14(23-15)11(12(19)20)13(21)22/h8-10,15H,7H2,1-6H3,(H,19,20)(H,21,22). The first-order chi connectivity index (χ1) is 11.0. The number of nitrogens with zero attached hydrogens (tertiary/aromatic N) is 2. The van der Waals surface area contributed by atoms with Crippen LogP contribution in [0.4, 0.5) is 0 Å². The van der Waals surface area contributed by atoms with E-state index in [0.29, 0.717) is 16.2 Å². The molecule has 24 heavy (non-hydrogen) atoms. The lowest BCUT2D eigenvalue weighted by atomic mass is 9.91. The van der Waals surface area contributed by atoms with Gasteiger partial charge in [-0.1, -0.05) is 51.2 Å². The third-order valence-corrected chi connectivity index (χ3v) is 8.73. The van der Waals surface area contributed by atoms with Gasteiger partial charge in [0.25, 0.3) is 0 Å². The molecule has 2 rings (SSSR count). The van der Waals surface area contributed by atoms with Crippen LogP contribution in [0.1, 0.15) is 27.7 Å². The van der Waals surface area contributed by atoms with Gasteiger partial charge in [-0.25, -0.2) is 9.59 Å². The first kappa shape index (κ1) is 19.6. The van der Waals surface area contributed by atoms with E-state index in [-0.39, 0.29) is 16.2 Å². The quantitative estimate of drug-likeness (QED) is 0.441. The van der Waals surface area contributed by atoms with Gasteiger partial charge >= 0.3 is 11.9 Å². The molecule has 136 valence electrons. The van der Waals surface area contributed by atoms with Gasteiger partial charge in [-0.05, 0) is 25.9 Å². The molecule has 2 heterocycles. The first-order valence-corrected chi connectivity index (χ1v) is 9.73. The van der Waals surface area contributed by atoms with Crippen LogP contribution in [-0.4, -0.2) is 68.9 Å². The third kappa shape index (κ3) is 2.98. The molecule has 2 aliphatic rings. The lowest BCUT2D eigenvalue weighted by Gasteiger charge is -2.56. The lowest BCUT2D eigenvalue weighted by molar-refractivity contribution is -0.140. The largest absolute Gasteiger partial charge is 0.477 e. The molecule has 2 N–H and O–H groups in total. The molecule has 0 radical (unpaired) electrons. The van der Waals surface area contributed by atoms with Gasteiger partial charge < -0.3 is 10.2 Å². The highest BCUT2D eigenvalue weighted by Crippen LogP contribution is 2.62. The molecule has 0 saturated carbocycles. The van der Waals surface area contributed by atoms with Gasteiger partial charge in [0.2, 0.25) is 0 Å². The van der Waals surface area contributed by atoms with E-state index < -0.39 is 17.5 Å². The summed E-state index contributed by atoms with van der Waals surface area (Å²) in [5.41, 5.74) is -0.512. The van der Waals surface area contributed by atoms with Crippen LogP contribution in [0.15, 0.2) is 9.81 Å².